The van der Waals surface area contributed by atoms with E-state index >= 15 is 0 Å². The van der Waals surface area contributed by atoms with E-state index in [2.05, 4.69) is 5.32 Å². The summed E-state index contributed by atoms with van der Waals surface area (Å²) in [5.41, 5.74) is 9.68. The summed E-state index contributed by atoms with van der Waals surface area (Å²) in [4.78, 5) is 38.9. The van der Waals surface area contributed by atoms with Crippen molar-refractivity contribution in [3.8, 4) is 11.1 Å². The number of halogens is 1. The number of benzene rings is 3. The zero-order valence-corrected chi connectivity index (χ0v) is 22.8. The van der Waals surface area contributed by atoms with Crippen LogP contribution in [-0.4, -0.2) is 58.2 Å². The molecule has 1 fully saturated rings. The molecule has 0 spiro atoms. The highest BCUT2D eigenvalue weighted by Gasteiger charge is 2.40. The Morgan fingerprint density at radius 2 is 1.68 bits per heavy atom. The molecule has 0 saturated carbocycles. The molecule has 1 aliphatic rings. The normalized spacial score (nSPS) is 16.0. The molecular weight excluding hydrogens is 532 g/mol. The van der Waals surface area contributed by atoms with Gasteiger partial charge in [-0.2, -0.15) is 0 Å². The minimum atomic E-state index is -0.994. The quantitative estimate of drug-likeness (QED) is 0.206. The minimum Gasteiger partial charge on any atom is -0.481 e. The molecule has 2 atom stereocenters. The van der Waals surface area contributed by atoms with E-state index in [1.807, 2.05) is 60.7 Å². The van der Waals surface area contributed by atoms with E-state index < -0.39 is 11.9 Å². The Morgan fingerprint density at radius 3 is 2.33 bits per heavy atom. The van der Waals surface area contributed by atoms with Gasteiger partial charge < -0.3 is 26.5 Å². The van der Waals surface area contributed by atoms with Gasteiger partial charge in [-0.25, -0.2) is 0 Å². The van der Waals surface area contributed by atoms with Crippen LogP contribution in [0.2, 0.25) is 0 Å². The molecule has 0 radical (unpaired) electrons. The van der Waals surface area contributed by atoms with Crippen LogP contribution in [0, 0.1) is 11.3 Å². The van der Waals surface area contributed by atoms with Gasteiger partial charge in [-0.05, 0) is 54.2 Å². The van der Waals surface area contributed by atoms with Gasteiger partial charge in [0.25, 0.3) is 5.91 Å². The fraction of sp³-hybridized carbons (Fsp3) is 0.267. The number of amidine groups is 1. The first kappa shape index (κ1) is 32.0. The molecule has 1 heterocycles. The van der Waals surface area contributed by atoms with Crippen LogP contribution >= 0.6 is 12.4 Å². The molecule has 0 aliphatic carbocycles. The van der Waals surface area contributed by atoms with Crippen LogP contribution < -0.4 is 11.1 Å². The number of carbonyl (C=O) groups is 3. The van der Waals surface area contributed by atoms with Crippen molar-refractivity contribution in [2.24, 2.45) is 11.7 Å². The number of likely N-dealkylation sites (tertiary alicyclic amines) is 1. The average Bonchev–Trinajstić information content (AvgIpc) is 3.21. The highest BCUT2D eigenvalue weighted by atomic mass is 35.5. The van der Waals surface area contributed by atoms with Gasteiger partial charge in [0.2, 0.25) is 5.91 Å². The Hall–Kier alpha value is -4.21. The van der Waals surface area contributed by atoms with Gasteiger partial charge in [0.1, 0.15) is 5.84 Å². The number of carboxylic acids is 1. The largest absolute Gasteiger partial charge is 0.481 e. The lowest BCUT2D eigenvalue weighted by Crippen LogP contribution is -2.42. The van der Waals surface area contributed by atoms with Crippen molar-refractivity contribution in [3.63, 3.8) is 0 Å². The van der Waals surface area contributed by atoms with Crippen molar-refractivity contribution in [2.75, 3.05) is 13.1 Å². The summed E-state index contributed by atoms with van der Waals surface area (Å²) in [5.74, 6) is -1.99. The molecule has 7 N–H and O–H groups in total. The molecule has 40 heavy (non-hydrogen) atoms. The molecular formula is C30H35ClN4O5. The Balaban J connectivity index is 0.00000280. The van der Waals surface area contributed by atoms with Crippen LogP contribution in [0.15, 0.2) is 78.9 Å². The van der Waals surface area contributed by atoms with Crippen LogP contribution in [0.1, 0.15) is 40.7 Å². The second-order valence-corrected chi connectivity index (χ2v) is 9.59. The van der Waals surface area contributed by atoms with E-state index in [1.54, 1.807) is 23.1 Å². The summed E-state index contributed by atoms with van der Waals surface area (Å²) in [5, 5.41) is 19.8. The number of aryl methyl sites for hydroxylation is 1. The Morgan fingerprint density at radius 1 is 0.975 bits per heavy atom. The molecule has 3 aromatic carbocycles. The Bertz CT molecular complexity index is 1320. The molecule has 9 nitrogen and oxygen atoms in total. The lowest BCUT2D eigenvalue weighted by atomic mass is 10.0. The van der Waals surface area contributed by atoms with E-state index in [9.17, 15) is 19.5 Å². The second-order valence-electron chi connectivity index (χ2n) is 9.59. The molecule has 10 heteroatoms. The number of nitrogens with one attached hydrogen (secondary N) is 2. The molecule has 1 aliphatic heterocycles. The Kier molecular flexibility index (Phi) is 11.8. The summed E-state index contributed by atoms with van der Waals surface area (Å²) in [6, 6.07) is 24.2. The van der Waals surface area contributed by atoms with E-state index in [1.165, 1.54) is 5.56 Å². The van der Waals surface area contributed by atoms with E-state index in [-0.39, 0.29) is 54.5 Å². The highest BCUT2D eigenvalue weighted by molar-refractivity contribution is 5.97. The number of nitrogens with two attached hydrogens (primary N) is 1. The predicted molar refractivity (Wildman–Crippen MR) is 157 cm³/mol. The molecule has 3 aromatic rings. The average molecular weight is 567 g/mol. The number of carbonyl (C=O) groups excluding carboxylic acids is 2. The van der Waals surface area contributed by atoms with Crippen LogP contribution in [0.25, 0.3) is 11.1 Å². The number of hydrogen-bond donors (Lipinski definition) is 4. The van der Waals surface area contributed by atoms with E-state index in [0.29, 0.717) is 24.1 Å². The van der Waals surface area contributed by atoms with Crippen molar-refractivity contribution >= 4 is 36.0 Å². The number of amides is 2. The smallest absolute Gasteiger partial charge is 0.304 e. The van der Waals surface area contributed by atoms with Crippen LogP contribution in [0.5, 0.6) is 0 Å². The number of aliphatic carboxylic acids is 1. The topological polar surface area (TPSA) is 168 Å². The third-order valence-electron chi connectivity index (χ3n) is 6.91. The first-order valence-electron chi connectivity index (χ1n) is 12.7. The van der Waals surface area contributed by atoms with Gasteiger partial charge in [0.05, 0.1) is 12.3 Å². The number of rotatable bonds is 11. The summed E-state index contributed by atoms with van der Waals surface area (Å²) >= 11 is 0. The first-order chi connectivity index (χ1) is 18.3. The molecule has 1 saturated heterocycles. The minimum absolute atomic E-state index is 0. The van der Waals surface area contributed by atoms with Gasteiger partial charge in [-0.15, -0.1) is 12.4 Å². The third kappa shape index (κ3) is 8.14. The van der Waals surface area contributed by atoms with Gasteiger partial charge in [-0.3, -0.25) is 19.8 Å². The fourth-order valence-electron chi connectivity index (χ4n) is 4.93. The molecule has 0 unspecified atom stereocenters. The second kappa shape index (κ2) is 14.8. The predicted octanol–water partition coefficient (Wildman–Crippen LogP) is 3.29. The maximum Gasteiger partial charge on any atom is 0.304 e. The lowest BCUT2D eigenvalue weighted by Gasteiger charge is -2.25. The zero-order chi connectivity index (χ0) is 27.1. The standard InChI is InChI=1S/C30H32N4O4.ClH.H2O/c31-28(32)24-10-4-9-23(16-24)21-11-13-22(14-12-21)29(37)33-19-26-17-25(18-27(35)36)30(38)34(26)15-5-8-20-6-2-1-3-7-20;;/h1-4,6-7,9-14,16,25-26H,5,8,15,17-19H2,(H3,31,32)(H,33,37)(H,35,36);1H;1H2/t25-,26-;;/m0../s1. The molecule has 0 bridgehead atoms. The van der Waals surface area contributed by atoms with Gasteiger partial charge >= 0.3 is 5.97 Å². The van der Waals surface area contributed by atoms with Crippen LogP contribution in [0.4, 0.5) is 0 Å². The maximum atomic E-state index is 13.0. The highest BCUT2D eigenvalue weighted by Crippen LogP contribution is 2.28. The zero-order valence-electron chi connectivity index (χ0n) is 22.0. The van der Waals surface area contributed by atoms with Crippen molar-refractivity contribution in [3.05, 3.63) is 95.6 Å². The van der Waals surface area contributed by atoms with Crippen molar-refractivity contribution in [1.29, 1.82) is 5.41 Å². The number of carboxylic acid groups (broad SMARTS) is 1. The summed E-state index contributed by atoms with van der Waals surface area (Å²) in [6.45, 7) is 0.771. The molecule has 2 amide bonds. The van der Waals surface area contributed by atoms with Crippen molar-refractivity contribution in [2.45, 2.75) is 31.7 Å². The van der Waals surface area contributed by atoms with E-state index in [0.717, 1.165) is 24.0 Å². The van der Waals surface area contributed by atoms with Gasteiger partial charge in [0, 0.05) is 30.3 Å². The van der Waals surface area contributed by atoms with E-state index in [4.69, 9.17) is 11.1 Å². The molecule has 0 aromatic heterocycles. The van der Waals surface area contributed by atoms with Crippen molar-refractivity contribution in [1.82, 2.24) is 10.2 Å². The molecule has 212 valence electrons. The lowest BCUT2D eigenvalue weighted by molar-refractivity contribution is -0.142. The number of nitrogens with zero attached hydrogens (tertiary/aromatic N) is 1. The molecule has 4 rings (SSSR count). The van der Waals surface area contributed by atoms with Gasteiger partial charge in [0.15, 0.2) is 0 Å². The van der Waals surface area contributed by atoms with Crippen LogP contribution in [-0.2, 0) is 16.0 Å². The SMILES string of the molecule is Cl.N=C(N)c1cccc(-c2ccc(C(=O)NC[C@@H]3C[C@@H](CC(=O)O)C(=O)N3CCCc3ccccc3)cc2)c1.O. The van der Waals surface area contributed by atoms with Crippen LogP contribution in [0.3, 0.4) is 0 Å². The fourth-order valence-corrected chi connectivity index (χ4v) is 4.93. The summed E-state index contributed by atoms with van der Waals surface area (Å²) in [7, 11) is 0. The number of hydrogen-bond acceptors (Lipinski definition) is 4. The third-order valence-corrected chi connectivity index (χ3v) is 6.91. The maximum absolute atomic E-state index is 13.0. The van der Waals surface area contributed by atoms with Crippen molar-refractivity contribution < 1.29 is 25.0 Å². The Labute approximate surface area is 239 Å². The first-order valence-corrected chi connectivity index (χ1v) is 12.7. The summed E-state index contributed by atoms with van der Waals surface area (Å²) in [6.07, 6.45) is 1.77. The monoisotopic (exact) mass is 566 g/mol. The summed E-state index contributed by atoms with van der Waals surface area (Å²) < 4.78 is 0. The number of nitrogen functional groups attached to an aromatic ring is 1. The van der Waals surface area contributed by atoms with Gasteiger partial charge in [-0.1, -0.05) is 60.7 Å².